The minimum Gasteiger partial charge on any atom is -0.463 e. The van der Waals surface area contributed by atoms with Crippen molar-refractivity contribution in [3.05, 3.63) is 110 Å². The Morgan fingerprint density at radius 1 is 0.583 bits per heavy atom. The molecule has 0 bridgehead atoms. The molecule has 36 heavy (non-hydrogen) atoms. The van der Waals surface area contributed by atoms with E-state index in [2.05, 4.69) is 10.6 Å². The molecule has 3 aromatic carbocycles. The van der Waals surface area contributed by atoms with Crippen LogP contribution in [0.3, 0.4) is 0 Å². The van der Waals surface area contributed by atoms with E-state index in [0.29, 0.717) is 45.3 Å². The van der Waals surface area contributed by atoms with Gasteiger partial charge in [0, 0.05) is 11.4 Å². The Hall–Kier alpha value is -5.17. The first kappa shape index (κ1) is 21.4. The van der Waals surface area contributed by atoms with Gasteiger partial charge in [0.15, 0.2) is 11.5 Å². The molecule has 2 N–H and O–H groups in total. The number of nitrogens with zero attached hydrogens (tertiary/aromatic N) is 2. The van der Waals surface area contributed by atoms with E-state index in [1.165, 1.54) is 0 Å². The largest absolute Gasteiger partial charge is 0.463 e. The van der Waals surface area contributed by atoms with Crippen LogP contribution in [0.5, 0.6) is 0 Å². The predicted octanol–water partition coefficient (Wildman–Crippen LogP) is 7.46. The van der Waals surface area contributed by atoms with Crippen LogP contribution in [0.4, 0.5) is 16.2 Å². The van der Waals surface area contributed by atoms with Crippen molar-refractivity contribution in [2.75, 3.05) is 10.6 Å². The molecule has 0 unspecified atom stereocenters. The molecule has 2 amide bonds. The number of hydrogen-bond donors (Lipinski definition) is 2. The molecule has 0 radical (unpaired) electrons. The van der Waals surface area contributed by atoms with Crippen LogP contribution in [0, 0.1) is 0 Å². The number of furan rings is 2. The standard InChI is InChI=1S/C29H20N4O3/c34-29(30-21-12-10-20(11-13-21)19-6-2-1-3-7-19)31-22-14-15-23-24(18-22)33-28(26-9-5-17-36-26)27(32-23)25-8-4-16-35-25/h1-18H,(H2,30,31,34). The molecule has 174 valence electrons. The minimum absolute atomic E-state index is 0.353. The number of aromatic nitrogens is 2. The molecular formula is C29H20N4O3. The maximum absolute atomic E-state index is 12.7. The van der Waals surface area contributed by atoms with Gasteiger partial charge in [-0.25, -0.2) is 14.8 Å². The summed E-state index contributed by atoms with van der Waals surface area (Å²) in [7, 11) is 0. The first-order valence-corrected chi connectivity index (χ1v) is 11.4. The summed E-state index contributed by atoms with van der Waals surface area (Å²) in [5.41, 5.74) is 5.90. The third-order valence-electron chi connectivity index (χ3n) is 5.68. The number of anilines is 2. The summed E-state index contributed by atoms with van der Waals surface area (Å²) in [6.45, 7) is 0. The number of benzene rings is 3. The van der Waals surface area contributed by atoms with Gasteiger partial charge in [-0.05, 0) is 65.7 Å². The monoisotopic (exact) mass is 472 g/mol. The van der Waals surface area contributed by atoms with Crippen molar-refractivity contribution < 1.29 is 13.6 Å². The van der Waals surface area contributed by atoms with Gasteiger partial charge in [-0.1, -0.05) is 42.5 Å². The molecule has 3 heterocycles. The van der Waals surface area contributed by atoms with Crippen LogP contribution in [0.15, 0.2) is 118 Å². The van der Waals surface area contributed by atoms with Gasteiger partial charge in [-0.15, -0.1) is 0 Å². The number of fused-ring (bicyclic) bond motifs is 1. The highest BCUT2D eigenvalue weighted by atomic mass is 16.3. The lowest BCUT2D eigenvalue weighted by Gasteiger charge is -2.10. The second kappa shape index (κ2) is 9.23. The van der Waals surface area contributed by atoms with E-state index in [0.717, 1.165) is 11.1 Å². The molecule has 0 saturated carbocycles. The molecule has 0 aliphatic rings. The zero-order valence-corrected chi connectivity index (χ0v) is 19.0. The average molecular weight is 473 g/mol. The second-order valence-electron chi connectivity index (χ2n) is 8.10. The highest BCUT2D eigenvalue weighted by Crippen LogP contribution is 2.32. The van der Waals surface area contributed by atoms with Crippen molar-refractivity contribution in [3.63, 3.8) is 0 Å². The van der Waals surface area contributed by atoms with E-state index in [1.54, 1.807) is 36.8 Å². The number of rotatable bonds is 5. The van der Waals surface area contributed by atoms with E-state index in [9.17, 15) is 4.79 Å². The van der Waals surface area contributed by atoms with Crippen molar-refractivity contribution >= 4 is 28.4 Å². The molecule has 0 fully saturated rings. The maximum Gasteiger partial charge on any atom is 0.323 e. The number of carbonyl (C=O) groups is 1. The smallest absolute Gasteiger partial charge is 0.323 e. The van der Waals surface area contributed by atoms with Gasteiger partial charge in [0.05, 0.1) is 23.6 Å². The van der Waals surface area contributed by atoms with E-state index in [-0.39, 0.29) is 6.03 Å². The van der Waals surface area contributed by atoms with Crippen molar-refractivity contribution in [2.45, 2.75) is 0 Å². The van der Waals surface area contributed by atoms with Gasteiger partial charge in [-0.2, -0.15) is 0 Å². The molecule has 6 aromatic rings. The summed E-state index contributed by atoms with van der Waals surface area (Å²) < 4.78 is 11.1. The van der Waals surface area contributed by atoms with Crippen LogP contribution in [0.2, 0.25) is 0 Å². The zero-order valence-electron chi connectivity index (χ0n) is 19.0. The third-order valence-corrected chi connectivity index (χ3v) is 5.68. The molecular weight excluding hydrogens is 452 g/mol. The topological polar surface area (TPSA) is 93.2 Å². The number of amides is 2. The lowest BCUT2D eigenvalue weighted by Crippen LogP contribution is -2.19. The van der Waals surface area contributed by atoms with Gasteiger partial charge in [0.25, 0.3) is 0 Å². The molecule has 7 nitrogen and oxygen atoms in total. The summed E-state index contributed by atoms with van der Waals surface area (Å²) >= 11 is 0. The number of nitrogens with one attached hydrogen (secondary N) is 2. The highest BCUT2D eigenvalue weighted by Gasteiger charge is 2.17. The van der Waals surface area contributed by atoms with Gasteiger partial charge in [0.1, 0.15) is 11.4 Å². The van der Waals surface area contributed by atoms with Crippen LogP contribution < -0.4 is 10.6 Å². The van der Waals surface area contributed by atoms with Crippen LogP contribution in [-0.4, -0.2) is 16.0 Å². The second-order valence-corrected chi connectivity index (χ2v) is 8.10. The van der Waals surface area contributed by atoms with E-state index >= 15 is 0 Å². The van der Waals surface area contributed by atoms with Crippen LogP contribution in [0.25, 0.3) is 45.1 Å². The molecule has 0 aliphatic heterocycles. The Bertz CT molecular complexity index is 1630. The quantitative estimate of drug-likeness (QED) is 0.272. The summed E-state index contributed by atoms with van der Waals surface area (Å²) in [5.74, 6) is 1.17. The Kier molecular flexibility index (Phi) is 5.48. The van der Waals surface area contributed by atoms with Gasteiger partial charge < -0.3 is 19.5 Å². The van der Waals surface area contributed by atoms with E-state index in [1.807, 2.05) is 72.8 Å². The lowest BCUT2D eigenvalue weighted by molar-refractivity contribution is 0.262. The van der Waals surface area contributed by atoms with Gasteiger partial charge >= 0.3 is 6.03 Å². The van der Waals surface area contributed by atoms with Crippen LogP contribution in [0.1, 0.15) is 0 Å². The molecule has 6 rings (SSSR count). The molecule has 7 heteroatoms. The number of hydrogen-bond acceptors (Lipinski definition) is 5. The maximum atomic E-state index is 12.7. The molecule has 0 saturated heterocycles. The molecule has 3 aromatic heterocycles. The normalized spacial score (nSPS) is 10.9. The molecule has 0 aliphatic carbocycles. The van der Waals surface area contributed by atoms with Crippen LogP contribution in [-0.2, 0) is 0 Å². The Labute approximate surface area is 206 Å². The third kappa shape index (κ3) is 4.33. The number of carbonyl (C=O) groups excluding carboxylic acids is 1. The Morgan fingerprint density at radius 3 is 1.81 bits per heavy atom. The van der Waals surface area contributed by atoms with Crippen molar-refractivity contribution in [2.24, 2.45) is 0 Å². The Balaban J connectivity index is 1.23. The molecule has 0 spiro atoms. The highest BCUT2D eigenvalue weighted by molar-refractivity contribution is 6.01. The number of urea groups is 1. The molecule has 0 atom stereocenters. The fourth-order valence-electron chi connectivity index (χ4n) is 3.97. The predicted molar refractivity (Wildman–Crippen MR) is 139 cm³/mol. The average Bonchev–Trinajstić information content (AvgIpc) is 3.64. The summed E-state index contributed by atoms with van der Waals surface area (Å²) in [6, 6.07) is 30.0. The van der Waals surface area contributed by atoms with Crippen molar-refractivity contribution in [1.82, 2.24) is 9.97 Å². The lowest BCUT2D eigenvalue weighted by atomic mass is 10.1. The van der Waals surface area contributed by atoms with E-state index in [4.69, 9.17) is 18.8 Å². The first-order valence-electron chi connectivity index (χ1n) is 11.4. The fourth-order valence-corrected chi connectivity index (χ4v) is 3.97. The summed E-state index contributed by atoms with van der Waals surface area (Å²) in [5, 5.41) is 5.73. The fraction of sp³-hybridized carbons (Fsp3) is 0. The van der Waals surface area contributed by atoms with Gasteiger partial charge in [-0.3, -0.25) is 0 Å². The van der Waals surface area contributed by atoms with E-state index < -0.39 is 0 Å². The summed E-state index contributed by atoms with van der Waals surface area (Å²) in [4.78, 5) is 22.2. The SMILES string of the molecule is O=C(Nc1ccc(-c2ccccc2)cc1)Nc1ccc2nc(-c3ccco3)c(-c3ccco3)nc2c1. The zero-order chi connectivity index (χ0) is 24.3. The Morgan fingerprint density at radius 2 is 1.17 bits per heavy atom. The van der Waals surface area contributed by atoms with Crippen LogP contribution >= 0.6 is 0 Å². The summed E-state index contributed by atoms with van der Waals surface area (Å²) in [6.07, 6.45) is 3.18. The van der Waals surface area contributed by atoms with Crippen molar-refractivity contribution in [1.29, 1.82) is 0 Å². The minimum atomic E-state index is -0.353. The van der Waals surface area contributed by atoms with Crippen molar-refractivity contribution in [3.8, 4) is 34.0 Å². The van der Waals surface area contributed by atoms with Gasteiger partial charge in [0.2, 0.25) is 0 Å². The first-order chi connectivity index (χ1) is 17.7.